The topological polar surface area (TPSA) is 217 Å². The number of hydrogen-bond acceptors (Lipinski definition) is 15. The Hall–Kier alpha value is -3.15. The van der Waals surface area contributed by atoms with Gasteiger partial charge in [-0.15, -0.1) is 0 Å². The van der Waals surface area contributed by atoms with Crippen LogP contribution >= 0.6 is 0 Å². The third-order valence-electron chi connectivity index (χ3n) is 16.1. The predicted octanol–water partition coefficient (Wildman–Crippen LogP) is 4.56. The highest BCUT2D eigenvalue weighted by Gasteiger charge is 2.70. The molecule has 7 rings (SSSR count). The zero-order chi connectivity index (χ0) is 45.4. The Kier molecular flexibility index (Phi) is 14.7. The molecule has 5 aliphatic carbocycles. The summed E-state index contributed by atoms with van der Waals surface area (Å²) in [5.41, 5.74) is -0.822. The van der Waals surface area contributed by atoms with Crippen LogP contribution in [0.15, 0.2) is 35.9 Å². The number of fused-ring (bicyclic) bond motifs is 5. The van der Waals surface area contributed by atoms with Crippen LogP contribution in [0, 0.1) is 34.5 Å². The van der Waals surface area contributed by atoms with Crippen LogP contribution in [0.4, 0.5) is 0 Å². The second-order valence-electron chi connectivity index (χ2n) is 19.7. The first-order chi connectivity index (χ1) is 29.9. The number of rotatable bonds is 14. The van der Waals surface area contributed by atoms with Crippen LogP contribution in [0.25, 0.3) is 0 Å². The normalized spacial score (nSPS) is 41.5. The van der Waals surface area contributed by atoms with E-state index in [1.165, 1.54) is 31.7 Å². The number of carbonyl (C=O) groups excluding carboxylic acids is 3. The van der Waals surface area contributed by atoms with Gasteiger partial charge in [0.25, 0.3) is 0 Å². The number of unbranched alkanes of at least 4 members (excludes halogenated alkanes) is 1. The van der Waals surface area contributed by atoms with Gasteiger partial charge in [-0.25, -0.2) is 4.79 Å². The van der Waals surface area contributed by atoms with Crippen molar-refractivity contribution in [2.75, 3.05) is 20.3 Å². The number of aliphatic hydroxyl groups excluding tert-OH is 4. The van der Waals surface area contributed by atoms with Gasteiger partial charge in [-0.2, -0.15) is 0 Å². The van der Waals surface area contributed by atoms with Crippen LogP contribution in [0.3, 0.4) is 0 Å². The maximum atomic E-state index is 13.4. The second-order valence-corrected chi connectivity index (χ2v) is 19.7. The lowest BCUT2D eigenvalue weighted by Gasteiger charge is -2.59. The molecule has 6 aliphatic rings. The molecule has 0 aromatic heterocycles. The van der Waals surface area contributed by atoms with Crippen molar-refractivity contribution in [1.29, 1.82) is 0 Å². The number of allylic oxidation sites excluding steroid dienone is 1. The molecule has 0 radical (unpaired) electrons. The maximum Gasteiger partial charge on any atom is 0.338 e. The Morgan fingerprint density at radius 2 is 1.65 bits per heavy atom. The Bertz CT molecular complexity index is 1800. The number of hydrogen-bond donors (Lipinski definition) is 5. The van der Waals surface area contributed by atoms with Crippen molar-refractivity contribution in [3.8, 4) is 5.75 Å². The molecule has 17 atom stereocenters. The fraction of sp³-hybridized carbons (Fsp3) is 0.771. The molecule has 1 heterocycles. The summed E-state index contributed by atoms with van der Waals surface area (Å²) in [4.78, 5) is 39.0. The van der Waals surface area contributed by atoms with E-state index >= 15 is 0 Å². The molecule has 1 aromatic rings. The van der Waals surface area contributed by atoms with Crippen molar-refractivity contribution in [2.24, 2.45) is 34.5 Å². The molecule has 3 unspecified atom stereocenters. The van der Waals surface area contributed by atoms with Gasteiger partial charge in [0.1, 0.15) is 29.7 Å². The van der Waals surface area contributed by atoms with Crippen molar-refractivity contribution < 1.29 is 73.1 Å². The minimum atomic E-state index is -1.55. The maximum absolute atomic E-state index is 13.4. The first-order valence-electron chi connectivity index (χ1n) is 23.2. The van der Waals surface area contributed by atoms with Crippen LogP contribution in [0.1, 0.15) is 122 Å². The molecule has 352 valence electrons. The predicted molar refractivity (Wildman–Crippen MR) is 226 cm³/mol. The highest BCUT2D eigenvalue weighted by molar-refractivity contribution is 5.89. The number of methoxy groups -OCH3 is 1. The summed E-state index contributed by atoms with van der Waals surface area (Å²) >= 11 is 0. The number of ether oxygens (including phenoxy) is 7. The van der Waals surface area contributed by atoms with Crippen LogP contribution in [0.2, 0.25) is 0 Å². The number of benzene rings is 1. The van der Waals surface area contributed by atoms with Crippen LogP contribution in [0.5, 0.6) is 5.75 Å². The molecule has 4 saturated carbocycles. The molecule has 1 saturated heterocycles. The lowest BCUT2D eigenvalue weighted by molar-refractivity contribution is -0.321. The quantitative estimate of drug-likeness (QED) is 0.0984. The fourth-order valence-corrected chi connectivity index (χ4v) is 12.5. The molecule has 0 amide bonds. The Balaban J connectivity index is 1.17. The van der Waals surface area contributed by atoms with Gasteiger partial charge < -0.3 is 58.7 Å². The van der Waals surface area contributed by atoms with E-state index in [0.29, 0.717) is 37.4 Å². The monoisotopic (exact) mass is 886 g/mol. The summed E-state index contributed by atoms with van der Waals surface area (Å²) in [6.07, 6.45) is -2.40. The van der Waals surface area contributed by atoms with E-state index < -0.39 is 84.0 Å². The van der Waals surface area contributed by atoms with Crippen molar-refractivity contribution in [3.05, 3.63) is 41.5 Å². The average molecular weight is 887 g/mol. The minimum Gasteiger partial charge on any atom is -0.497 e. The molecule has 63 heavy (non-hydrogen) atoms. The zero-order valence-electron chi connectivity index (χ0n) is 37.7. The summed E-state index contributed by atoms with van der Waals surface area (Å²) < 4.78 is 42.2. The third-order valence-corrected chi connectivity index (χ3v) is 16.1. The molecule has 5 fully saturated rings. The van der Waals surface area contributed by atoms with Crippen LogP contribution < -0.4 is 4.74 Å². The first-order valence-corrected chi connectivity index (χ1v) is 23.2. The van der Waals surface area contributed by atoms with Gasteiger partial charge in [-0.05, 0) is 112 Å². The third kappa shape index (κ3) is 9.19. The number of carbonyl (C=O) groups is 3. The molecular formula is C48H70O15. The van der Waals surface area contributed by atoms with E-state index in [1.54, 1.807) is 12.1 Å². The van der Waals surface area contributed by atoms with Crippen LogP contribution in [-0.2, 0) is 38.0 Å². The second kappa shape index (κ2) is 19.4. The summed E-state index contributed by atoms with van der Waals surface area (Å²) in [7, 11) is 1.50. The summed E-state index contributed by atoms with van der Waals surface area (Å²) in [5, 5.41) is 57.4. The minimum absolute atomic E-state index is 0.0179. The van der Waals surface area contributed by atoms with Gasteiger partial charge in [-0.1, -0.05) is 45.8 Å². The van der Waals surface area contributed by atoms with Crippen LogP contribution in [-0.4, -0.2) is 131 Å². The number of aliphatic hydroxyl groups is 5. The lowest BCUT2D eigenvalue weighted by Crippen LogP contribution is -2.63. The Morgan fingerprint density at radius 3 is 2.35 bits per heavy atom. The van der Waals surface area contributed by atoms with Gasteiger partial charge in [0.15, 0.2) is 18.5 Å². The van der Waals surface area contributed by atoms with Crippen molar-refractivity contribution in [3.63, 3.8) is 0 Å². The van der Waals surface area contributed by atoms with E-state index in [4.69, 9.17) is 33.2 Å². The van der Waals surface area contributed by atoms with Gasteiger partial charge in [0.05, 0.1) is 50.3 Å². The molecule has 15 heteroatoms. The standard InChI is InChI=1S/C48H70O15/c1-7-8-9-39(53)58-24-26(2)48(56)38(23-34-32-15-12-29-22-30(50)18-20-46(29,4)33(32)19-21-47(34,48)5)62-45-43(60-27(3)49)41(36(52)25-59-45)61-37-17-16-35(51)40(54)42(37)63-44(55)28-10-13-31(57-6)14-11-28/h10-14,26,30,32-38,40-43,45,50-52,54,56H,7-9,15-25H2,1-6H3/t26-,30+,32?,33?,34?,35-,36+,37-,38+,40+,41+,42+,43-,45+,46+,47+,48-/m1/s1. The van der Waals surface area contributed by atoms with Crippen molar-refractivity contribution in [2.45, 2.75) is 178 Å². The molecule has 1 aliphatic heterocycles. The highest BCUT2D eigenvalue weighted by atomic mass is 16.7. The van der Waals surface area contributed by atoms with E-state index in [-0.39, 0.29) is 67.4 Å². The molecule has 1 aromatic carbocycles. The molecule has 0 bridgehead atoms. The summed E-state index contributed by atoms with van der Waals surface area (Å²) in [6, 6.07) is 6.19. The molecule has 0 spiro atoms. The van der Waals surface area contributed by atoms with Gasteiger partial charge >= 0.3 is 17.9 Å². The van der Waals surface area contributed by atoms with E-state index in [0.717, 1.165) is 32.1 Å². The Morgan fingerprint density at radius 1 is 0.905 bits per heavy atom. The first kappa shape index (κ1) is 47.8. The zero-order valence-corrected chi connectivity index (χ0v) is 37.7. The van der Waals surface area contributed by atoms with Gasteiger partial charge in [-0.3, -0.25) is 9.59 Å². The number of esters is 3. The lowest BCUT2D eigenvalue weighted by atomic mass is 9.46. The largest absolute Gasteiger partial charge is 0.497 e. The van der Waals surface area contributed by atoms with Gasteiger partial charge in [0.2, 0.25) is 0 Å². The average Bonchev–Trinajstić information content (AvgIpc) is 3.49. The summed E-state index contributed by atoms with van der Waals surface area (Å²) in [5.74, 6) is -1.37. The SMILES string of the molecule is CCCCC(=O)OC[C@@H](C)[C@@]1(O)[C@@H](O[C@@H]2OC[C@H](O)[C@H](O[C@@H]3CC[C@@H](O)[C@H](O)[C@H]3OC(=O)c3ccc(OC)cc3)[C@H]2OC(C)=O)CC2C3CC=C4C[C@@H](O)CC[C@]4(C)C3CC[C@@]21C. The fourth-order valence-electron chi connectivity index (χ4n) is 12.5. The van der Waals surface area contributed by atoms with Gasteiger partial charge in [0, 0.05) is 24.7 Å². The van der Waals surface area contributed by atoms with Crippen molar-refractivity contribution in [1.82, 2.24) is 0 Å². The van der Waals surface area contributed by atoms with E-state index in [1.807, 2.05) is 13.8 Å². The van der Waals surface area contributed by atoms with Crippen molar-refractivity contribution >= 4 is 17.9 Å². The summed E-state index contributed by atoms with van der Waals surface area (Å²) in [6.45, 7) is 9.20. The Labute approximate surface area is 370 Å². The highest BCUT2D eigenvalue weighted by Crippen LogP contribution is 2.69. The van der Waals surface area contributed by atoms with E-state index in [9.17, 15) is 39.9 Å². The smallest absolute Gasteiger partial charge is 0.338 e. The molecular weight excluding hydrogens is 817 g/mol. The molecule has 15 nitrogen and oxygen atoms in total. The molecule has 5 N–H and O–H groups in total. The van der Waals surface area contributed by atoms with E-state index in [2.05, 4.69) is 19.9 Å².